The average molecular weight is 343 g/mol. The Balaban J connectivity index is 1.90. The van der Waals surface area contributed by atoms with Crippen LogP contribution in [-0.4, -0.2) is 27.1 Å². The quantitative estimate of drug-likeness (QED) is 0.759. The van der Waals surface area contributed by atoms with Crippen LogP contribution >= 0.6 is 0 Å². The average Bonchev–Trinajstić information content (AvgIpc) is 2.57. The van der Waals surface area contributed by atoms with Gasteiger partial charge in [-0.05, 0) is 23.8 Å². The van der Waals surface area contributed by atoms with Crippen LogP contribution < -0.4 is 10.1 Å². The third kappa shape index (κ3) is 6.79. The fraction of sp³-hybridized carbons (Fsp3) is 0.421. The molecular weight excluding hydrogens is 318 g/mol. The van der Waals surface area contributed by atoms with Crippen LogP contribution in [0.15, 0.2) is 42.7 Å². The summed E-state index contributed by atoms with van der Waals surface area (Å²) in [7, 11) is 0. The van der Waals surface area contributed by atoms with Gasteiger partial charge in [-0.1, -0.05) is 51.1 Å². The maximum Gasteiger partial charge on any atom is 0.326 e. The lowest BCUT2D eigenvalue weighted by Gasteiger charge is -2.21. The summed E-state index contributed by atoms with van der Waals surface area (Å²) in [5.41, 5.74) is 1.13. The molecule has 1 aromatic heterocycles. The molecule has 0 spiro atoms. The Morgan fingerprint density at radius 2 is 1.84 bits per heavy atom. The first-order valence-corrected chi connectivity index (χ1v) is 8.31. The zero-order valence-electron chi connectivity index (χ0n) is 14.9. The maximum atomic E-state index is 11.4. The second-order valence-electron chi connectivity index (χ2n) is 7.15. The van der Waals surface area contributed by atoms with E-state index in [0.29, 0.717) is 18.8 Å². The monoisotopic (exact) mass is 343 g/mol. The van der Waals surface area contributed by atoms with E-state index >= 15 is 0 Å². The molecule has 0 aliphatic heterocycles. The van der Waals surface area contributed by atoms with Crippen molar-refractivity contribution in [2.75, 3.05) is 5.32 Å². The number of rotatable bonds is 8. The number of carboxylic acid groups (broad SMARTS) is 1. The molecule has 0 saturated carbocycles. The van der Waals surface area contributed by atoms with Gasteiger partial charge in [0.05, 0.1) is 12.4 Å². The number of anilines is 1. The molecule has 134 valence electrons. The van der Waals surface area contributed by atoms with Crippen molar-refractivity contribution >= 4 is 11.9 Å². The summed E-state index contributed by atoms with van der Waals surface area (Å²) in [6.45, 7) is 6.68. The summed E-state index contributed by atoms with van der Waals surface area (Å²) < 4.78 is 5.62. The van der Waals surface area contributed by atoms with Crippen molar-refractivity contribution in [1.82, 2.24) is 9.97 Å². The highest BCUT2D eigenvalue weighted by molar-refractivity contribution is 5.76. The van der Waals surface area contributed by atoms with Gasteiger partial charge >= 0.3 is 5.97 Å². The maximum absolute atomic E-state index is 11.4. The van der Waals surface area contributed by atoms with Crippen molar-refractivity contribution in [3.05, 3.63) is 48.3 Å². The Morgan fingerprint density at radius 3 is 2.40 bits per heavy atom. The number of carbonyl (C=O) groups is 1. The molecular formula is C19H25N3O3. The van der Waals surface area contributed by atoms with Crippen molar-refractivity contribution in [3.63, 3.8) is 0 Å². The van der Waals surface area contributed by atoms with E-state index in [4.69, 9.17) is 4.74 Å². The lowest BCUT2D eigenvalue weighted by atomic mass is 9.89. The lowest BCUT2D eigenvalue weighted by Crippen LogP contribution is -2.31. The number of carboxylic acids is 1. The number of nitrogens with zero attached hydrogens (tertiary/aromatic N) is 2. The van der Waals surface area contributed by atoms with Gasteiger partial charge in [-0.25, -0.2) is 14.8 Å². The van der Waals surface area contributed by atoms with E-state index < -0.39 is 12.0 Å². The van der Waals surface area contributed by atoms with Crippen LogP contribution in [0, 0.1) is 5.41 Å². The van der Waals surface area contributed by atoms with Crippen molar-refractivity contribution in [1.29, 1.82) is 0 Å². The summed E-state index contributed by atoms with van der Waals surface area (Å²) in [5, 5.41) is 12.2. The summed E-state index contributed by atoms with van der Waals surface area (Å²) in [6, 6.07) is 9.09. The molecule has 0 unspecified atom stereocenters. The number of hydrogen-bond acceptors (Lipinski definition) is 5. The molecule has 2 rings (SSSR count). The molecule has 25 heavy (non-hydrogen) atoms. The molecule has 0 radical (unpaired) electrons. The Morgan fingerprint density at radius 1 is 1.20 bits per heavy atom. The second-order valence-corrected chi connectivity index (χ2v) is 7.15. The normalized spacial score (nSPS) is 12.4. The topological polar surface area (TPSA) is 84.3 Å². The Bertz CT molecular complexity index is 667. The first-order chi connectivity index (χ1) is 11.8. The van der Waals surface area contributed by atoms with E-state index in [-0.39, 0.29) is 11.4 Å². The summed E-state index contributed by atoms with van der Waals surface area (Å²) in [4.78, 5) is 19.7. The van der Waals surface area contributed by atoms with Gasteiger partial charge in [0.1, 0.15) is 12.6 Å². The van der Waals surface area contributed by atoms with Crippen LogP contribution in [0.2, 0.25) is 0 Å². The smallest absolute Gasteiger partial charge is 0.326 e. The van der Waals surface area contributed by atoms with Gasteiger partial charge in [-0.2, -0.15) is 0 Å². The van der Waals surface area contributed by atoms with E-state index in [1.54, 1.807) is 12.4 Å². The SMILES string of the molecule is CC(C)(C)CC[C@H](Nc1ncc(OCc2ccccc2)cn1)C(=O)O. The lowest BCUT2D eigenvalue weighted by molar-refractivity contribution is -0.138. The molecule has 2 N–H and O–H groups in total. The number of benzene rings is 1. The highest BCUT2D eigenvalue weighted by atomic mass is 16.5. The molecule has 6 heteroatoms. The van der Waals surface area contributed by atoms with Gasteiger partial charge in [0.2, 0.25) is 5.95 Å². The number of nitrogens with one attached hydrogen (secondary N) is 1. The van der Waals surface area contributed by atoms with E-state index in [9.17, 15) is 9.90 Å². The zero-order chi connectivity index (χ0) is 18.3. The minimum absolute atomic E-state index is 0.0748. The molecule has 1 heterocycles. The minimum atomic E-state index is -0.905. The molecule has 1 atom stereocenters. The van der Waals surface area contributed by atoms with Crippen LogP contribution in [0.1, 0.15) is 39.2 Å². The predicted octanol–water partition coefficient (Wildman–Crippen LogP) is 3.75. The molecule has 0 amide bonds. The van der Waals surface area contributed by atoms with Gasteiger partial charge in [-0.15, -0.1) is 0 Å². The van der Waals surface area contributed by atoms with Crippen molar-refractivity contribution in [3.8, 4) is 5.75 Å². The highest BCUT2D eigenvalue weighted by Crippen LogP contribution is 2.22. The first kappa shape index (κ1) is 18.7. The second kappa shape index (κ2) is 8.46. The van der Waals surface area contributed by atoms with Gasteiger partial charge in [0.15, 0.2) is 5.75 Å². The first-order valence-electron chi connectivity index (χ1n) is 8.31. The number of ether oxygens (including phenoxy) is 1. The number of aromatic nitrogens is 2. The fourth-order valence-electron chi connectivity index (χ4n) is 2.20. The molecule has 0 aliphatic rings. The van der Waals surface area contributed by atoms with E-state index in [1.807, 2.05) is 30.3 Å². The number of hydrogen-bond donors (Lipinski definition) is 2. The molecule has 0 aliphatic carbocycles. The molecule has 2 aromatic rings. The summed E-state index contributed by atoms with van der Waals surface area (Å²) >= 11 is 0. The van der Waals surface area contributed by atoms with E-state index in [0.717, 1.165) is 12.0 Å². The third-order valence-electron chi connectivity index (χ3n) is 3.66. The molecule has 6 nitrogen and oxygen atoms in total. The van der Waals surface area contributed by atoms with Crippen molar-refractivity contribution < 1.29 is 14.6 Å². The van der Waals surface area contributed by atoms with Crippen molar-refractivity contribution in [2.45, 2.75) is 46.3 Å². The molecule has 0 bridgehead atoms. The zero-order valence-corrected chi connectivity index (χ0v) is 14.9. The fourth-order valence-corrected chi connectivity index (χ4v) is 2.20. The summed E-state index contributed by atoms with van der Waals surface area (Å²) in [6.07, 6.45) is 4.38. The molecule has 0 fully saturated rings. The number of aliphatic carboxylic acids is 1. The van der Waals surface area contributed by atoms with Crippen molar-refractivity contribution in [2.24, 2.45) is 5.41 Å². The molecule has 1 aromatic carbocycles. The Hall–Kier alpha value is -2.63. The van der Waals surface area contributed by atoms with Gasteiger partial charge in [-0.3, -0.25) is 0 Å². The van der Waals surface area contributed by atoms with Crippen LogP contribution in [0.5, 0.6) is 5.75 Å². The standard InChI is InChI=1S/C19H25N3O3/c1-19(2,3)10-9-16(17(23)24)22-18-20-11-15(12-21-18)25-13-14-7-5-4-6-8-14/h4-8,11-12,16H,9-10,13H2,1-3H3,(H,23,24)(H,20,21,22)/t16-/m0/s1. The third-order valence-corrected chi connectivity index (χ3v) is 3.66. The molecule has 0 saturated heterocycles. The summed E-state index contributed by atoms with van der Waals surface area (Å²) in [5.74, 6) is -0.0819. The van der Waals surface area contributed by atoms with E-state index in [1.165, 1.54) is 0 Å². The minimum Gasteiger partial charge on any atom is -0.486 e. The predicted molar refractivity (Wildman–Crippen MR) is 96.5 cm³/mol. The van der Waals surface area contributed by atoms with Crippen LogP contribution in [-0.2, 0) is 11.4 Å². The van der Waals surface area contributed by atoms with Gasteiger partial charge < -0.3 is 15.2 Å². The van der Waals surface area contributed by atoms with Gasteiger partial charge in [0, 0.05) is 0 Å². The Kier molecular flexibility index (Phi) is 6.33. The van der Waals surface area contributed by atoms with Gasteiger partial charge in [0.25, 0.3) is 0 Å². The van der Waals surface area contributed by atoms with Crippen LogP contribution in [0.25, 0.3) is 0 Å². The largest absolute Gasteiger partial charge is 0.486 e. The van der Waals surface area contributed by atoms with Crippen LogP contribution in [0.3, 0.4) is 0 Å². The Labute approximate surface area is 148 Å². The highest BCUT2D eigenvalue weighted by Gasteiger charge is 2.21. The van der Waals surface area contributed by atoms with Crippen LogP contribution in [0.4, 0.5) is 5.95 Å². The van der Waals surface area contributed by atoms with E-state index in [2.05, 4.69) is 36.1 Å².